The molecule has 3 rings (SSSR count). The molecule has 142 valence electrons. The summed E-state index contributed by atoms with van der Waals surface area (Å²) >= 11 is 0. The third kappa shape index (κ3) is 4.62. The highest BCUT2D eigenvalue weighted by molar-refractivity contribution is 6.10. The topological polar surface area (TPSA) is 58.2 Å². The number of carbonyl (C=O) groups is 2. The van der Waals surface area contributed by atoms with E-state index in [2.05, 4.69) is 10.6 Å². The van der Waals surface area contributed by atoms with Crippen LogP contribution in [0.25, 0.3) is 0 Å². The van der Waals surface area contributed by atoms with Crippen molar-refractivity contribution in [2.75, 3.05) is 10.6 Å². The maximum atomic E-state index is 13.0. The summed E-state index contributed by atoms with van der Waals surface area (Å²) in [5.41, 5.74) is 2.17. The van der Waals surface area contributed by atoms with Gasteiger partial charge in [-0.2, -0.15) is 0 Å². The second-order valence-corrected chi connectivity index (χ2v) is 6.37. The molecule has 2 amide bonds. The van der Waals surface area contributed by atoms with Gasteiger partial charge in [0, 0.05) is 5.69 Å². The van der Waals surface area contributed by atoms with Gasteiger partial charge in [-0.15, -0.1) is 0 Å². The molecule has 1 atom stereocenters. The Morgan fingerprint density at radius 1 is 0.857 bits per heavy atom. The third-order valence-electron chi connectivity index (χ3n) is 4.46. The molecule has 0 aromatic heterocycles. The molecule has 1 unspecified atom stereocenters. The van der Waals surface area contributed by atoms with Gasteiger partial charge >= 0.3 is 0 Å². The van der Waals surface area contributed by atoms with Gasteiger partial charge < -0.3 is 10.6 Å². The van der Waals surface area contributed by atoms with Crippen molar-refractivity contribution in [3.8, 4) is 0 Å². The zero-order valence-corrected chi connectivity index (χ0v) is 15.5. The summed E-state index contributed by atoms with van der Waals surface area (Å²) in [7, 11) is 0. The van der Waals surface area contributed by atoms with Crippen LogP contribution in [-0.4, -0.2) is 11.8 Å². The molecule has 0 fully saturated rings. The van der Waals surface area contributed by atoms with E-state index in [9.17, 15) is 14.0 Å². The Hall–Kier alpha value is -3.47. The Bertz CT molecular complexity index is 956. The van der Waals surface area contributed by atoms with Crippen LogP contribution in [0.1, 0.15) is 35.2 Å². The summed E-state index contributed by atoms with van der Waals surface area (Å²) in [6, 6.07) is 21.9. The SMILES string of the molecule is CCC(C(=O)Nc1ccccc1C(=O)Nc1ccc(F)cc1)c1ccccc1. The second kappa shape index (κ2) is 8.95. The Kier molecular flexibility index (Phi) is 6.17. The molecule has 28 heavy (non-hydrogen) atoms. The Labute approximate surface area is 163 Å². The van der Waals surface area contributed by atoms with Crippen LogP contribution in [0.15, 0.2) is 78.9 Å². The fourth-order valence-electron chi connectivity index (χ4n) is 3.00. The van der Waals surface area contributed by atoms with Crippen molar-refractivity contribution in [2.45, 2.75) is 19.3 Å². The zero-order chi connectivity index (χ0) is 19.9. The molecule has 0 saturated heterocycles. The van der Waals surface area contributed by atoms with Crippen LogP contribution in [0, 0.1) is 5.82 Å². The normalized spacial score (nSPS) is 11.5. The standard InChI is InChI=1S/C23H21FN2O2/c1-2-19(16-8-4-3-5-9-16)22(27)26-21-11-7-6-10-20(21)23(28)25-18-14-12-17(24)13-15-18/h3-15,19H,2H2,1H3,(H,25,28)(H,26,27). The molecule has 4 nitrogen and oxygen atoms in total. The van der Waals surface area contributed by atoms with Crippen LogP contribution < -0.4 is 10.6 Å². The molecule has 0 aliphatic rings. The minimum atomic E-state index is -0.379. The molecule has 0 saturated carbocycles. The molecule has 5 heteroatoms. The predicted octanol–water partition coefficient (Wildman–Crippen LogP) is 5.21. The highest BCUT2D eigenvalue weighted by Crippen LogP contribution is 2.24. The zero-order valence-electron chi connectivity index (χ0n) is 15.5. The highest BCUT2D eigenvalue weighted by atomic mass is 19.1. The lowest BCUT2D eigenvalue weighted by Gasteiger charge is -2.17. The summed E-state index contributed by atoms with van der Waals surface area (Å²) in [4.78, 5) is 25.5. The smallest absolute Gasteiger partial charge is 0.257 e. The molecule has 0 heterocycles. The van der Waals surface area contributed by atoms with Gasteiger partial charge in [0.25, 0.3) is 5.91 Å². The largest absolute Gasteiger partial charge is 0.325 e. The lowest BCUT2D eigenvalue weighted by atomic mass is 9.95. The van der Waals surface area contributed by atoms with Gasteiger partial charge in [0.2, 0.25) is 5.91 Å². The number of benzene rings is 3. The van der Waals surface area contributed by atoms with E-state index in [1.54, 1.807) is 24.3 Å². The first kappa shape index (κ1) is 19.3. The molecule has 0 aliphatic carbocycles. The summed E-state index contributed by atoms with van der Waals surface area (Å²) in [5.74, 6) is -1.24. The number of rotatable bonds is 6. The fraction of sp³-hybridized carbons (Fsp3) is 0.130. The van der Waals surface area contributed by atoms with E-state index in [1.807, 2.05) is 37.3 Å². The number of hydrogen-bond acceptors (Lipinski definition) is 2. The predicted molar refractivity (Wildman–Crippen MR) is 109 cm³/mol. The van der Waals surface area contributed by atoms with E-state index in [1.165, 1.54) is 24.3 Å². The van der Waals surface area contributed by atoms with E-state index in [-0.39, 0.29) is 23.5 Å². The van der Waals surface area contributed by atoms with Crippen LogP contribution in [0.3, 0.4) is 0 Å². The van der Waals surface area contributed by atoms with E-state index in [0.29, 0.717) is 23.4 Å². The van der Waals surface area contributed by atoms with E-state index >= 15 is 0 Å². The second-order valence-electron chi connectivity index (χ2n) is 6.37. The van der Waals surface area contributed by atoms with Gasteiger partial charge in [-0.25, -0.2) is 4.39 Å². The lowest BCUT2D eigenvalue weighted by Crippen LogP contribution is -2.23. The summed E-state index contributed by atoms with van der Waals surface area (Å²) in [6.45, 7) is 1.95. The molecule has 2 N–H and O–H groups in total. The van der Waals surface area contributed by atoms with E-state index in [4.69, 9.17) is 0 Å². The molecule has 0 bridgehead atoms. The molecule has 0 radical (unpaired) electrons. The van der Waals surface area contributed by atoms with Crippen LogP contribution in [0.2, 0.25) is 0 Å². The van der Waals surface area contributed by atoms with Crippen LogP contribution in [0.4, 0.5) is 15.8 Å². The average molecular weight is 376 g/mol. The van der Waals surface area contributed by atoms with Crippen molar-refractivity contribution >= 4 is 23.2 Å². The molecular weight excluding hydrogens is 355 g/mol. The first-order valence-electron chi connectivity index (χ1n) is 9.10. The molecule has 0 spiro atoms. The Balaban J connectivity index is 1.78. The monoisotopic (exact) mass is 376 g/mol. The van der Waals surface area contributed by atoms with Crippen molar-refractivity contribution in [1.82, 2.24) is 0 Å². The first-order chi connectivity index (χ1) is 13.6. The Morgan fingerprint density at radius 2 is 1.50 bits per heavy atom. The van der Waals surface area contributed by atoms with Crippen LogP contribution in [0.5, 0.6) is 0 Å². The van der Waals surface area contributed by atoms with Gasteiger partial charge in [-0.3, -0.25) is 9.59 Å². The fourth-order valence-corrected chi connectivity index (χ4v) is 3.00. The van der Waals surface area contributed by atoms with Crippen molar-refractivity contribution in [1.29, 1.82) is 0 Å². The first-order valence-corrected chi connectivity index (χ1v) is 9.10. The van der Waals surface area contributed by atoms with Crippen molar-refractivity contribution < 1.29 is 14.0 Å². The summed E-state index contributed by atoms with van der Waals surface area (Å²) < 4.78 is 13.0. The van der Waals surface area contributed by atoms with Crippen molar-refractivity contribution in [2.24, 2.45) is 0 Å². The number of nitrogens with one attached hydrogen (secondary N) is 2. The number of halogens is 1. The Morgan fingerprint density at radius 3 is 2.18 bits per heavy atom. The summed E-state index contributed by atoms with van der Waals surface area (Å²) in [5, 5.41) is 5.59. The van der Waals surface area contributed by atoms with Crippen LogP contribution >= 0.6 is 0 Å². The molecule has 0 aliphatic heterocycles. The number of anilines is 2. The minimum absolute atomic E-state index is 0.171. The van der Waals surface area contributed by atoms with Crippen molar-refractivity contribution in [3.63, 3.8) is 0 Å². The highest BCUT2D eigenvalue weighted by Gasteiger charge is 2.20. The van der Waals surface area contributed by atoms with E-state index in [0.717, 1.165) is 5.56 Å². The van der Waals surface area contributed by atoms with Gasteiger partial charge in [-0.1, -0.05) is 49.4 Å². The van der Waals surface area contributed by atoms with Gasteiger partial charge in [0.1, 0.15) is 5.82 Å². The lowest BCUT2D eigenvalue weighted by molar-refractivity contribution is -0.117. The van der Waals surface area contributed by atoms with Gasteiger partial charge in [0.05, 0.1) is 17.2 Å². The van der Waals surface area contributed by atoms with E-state index < -0.39 is 0 Å². The maximum absolute atomic E-state index is 13.0. The molecule has 3 aromatic carbocycles. The minimum Gasteiger partial charge on any atom is -0.325 e. The van der Waals surface area contributed by atoms with Crippen LogP contribution in [-0.2, 0) is 4.79 Å². The van der Waals surface area contributed by atoms with Crippen molar-refractivity contribution in [3.05, 3.63) is 95.8 Å². The number of carbonyl (C=O) groups excluding carboxylic acids is 2. The van der Waals surface area contributed by atoms with Gasteiger partial charge in [-0.05, 0) is 48.4 Å². The maximum Gasteiger partial charge on any atom is 0.257 e. The molecular formula is C23H21FN2O2. The van der Waals surface area contributed by atoms with Gasteiger partial charge in [0.15, 0.2) is 0 Å². The average Bonchev–Trinajstić information content (AvgIpc) is 2.71. The number of para-hydroxylation sites is 1. The quantitative estimate of drug-likeness (QED) is 0.620. The third-order valence-corrected chi connectivity index (χ3v) is 4.46. The molecule has 3 aromatic rings. The number of amides is 2. The summed E-state index contributed by atoms with van der Waals surface area (Å²) in [6.07, 6.45) is 0.639. The number of hydrogen-bond donors (Lipinski definition) is 2.